The summed E-state index contributed by atoms with van der Waals surface area (Å²) in [4.78, 5) is 4.76. The number of benzene rings is 1. The topological polar surface area (TPSA) is 26.7 Å². The van der Waals surface area contributed by atoms with Gasteiger partial charge in [0.15, 0.2) is 0 Å². The molecule has 1 aromatic carbocycles. The minimum Gasteiger partial charge on any atom is -0.387 e. The van der Waals surface area contributed by atoms with Crippen molar-refractivity contribution in [3.8, 4) is 0 Å². The molecule has 0 radical (unpaired) electrons. The van der Waals surface area contributed by atoms with Crippen molar-refractivity contribution >= 4 is 0 Å². The molecule has 1 atom stereocenters. The lowest BCUT2D eigenvalue weighted by Crippen LogP contribution is -2.47. The van der Waals surface area contributed by atoms with Gasteiger partial charge in [0, 0.05) is 39.3 Å². The highest BCUT2D eigenvalue weighted by Gasteiger charge is 2.19. The first-order chi connectivity index (χ1) is 9.15. The van der Waals surface area contributed by atoms with Crippen LogP contribution in [0.5, 0.6) is 0 Å². The zero-order valence-corrected chi connectivity index (χ0v) is 11.8. The first kappa shape index (κ1) is 14.3. The molecule has 1 aliphatic heterocycles. The maximum absolute atomic E-state index is 10.2. The molecule has 1 aromatic rings. The molecule has 0 amide bonds. The van der Waals surface area contributed by atoms with Crippen LogP contribution in [0.4, 0.5) is 0 Å². The van der Waals surface area contributed by atoms with Crippen LogP contribution in [0.25, 0.3) is 0 Å². The summed E-state index contributed by atoms with van der Waals surface area (Å²) in [6, 6.07) is 9.91. The molecule has 19 heavy (non-hydrogen) atoms. The van der Waals surface area contributed by atoms with Gasteiger partial charge in [-0.2, -0.15) is 0 Å². The van der Waals surface area contributed by atoms with Gasteiger partial charge in [-0.05, 0) is 12.5 Å². The second-order valence-corrected chi connectivity index (χ2v) is 5.46. The molecular formula is C16H24N2O. The molecule has 0 saturated carbocycles. The number of nitrogens with zero attached hydrogens (tertiary/aromatic N) is 2. The van der Waals surface area contributed by atoms with Gasteiger partial charge in [-0.15, -0.1) is 0 Å². The highest BCUT2D eigenvalue weighted by atomic mass is 16.3. The Morgan fingerprint density at radius 3 is 2.32 bits per heavy atom. The summed E-state index contributed by atoms with van der Waals surface area (Å²) in [7, 11) is 0. The summed E-state index contributed by atoms with van der Waals surface area (Å²) in [6.07, 6.45) is -0.381. The quantitative estimate of drug-likeness (QED) is 0.819. The van der Waals surface area contributed by atoms with Gasteiger partial charge in [-0.3, -0.25) is 9.80 Å². The first-order valence-corrected chi connectivity index (χ1v) is 6.97. The van der Waals surface area contributed by atoms with Gasteiger partial charge in [0.2, 0.25) is 0 Å². The molecule has 0 bridgehead atoms. The summed E-state index contributed by atoms with van der Waals surface area (Å²) >= 11 is 0. The Kier molecular flexibility index (Phi) is 5.14. The summed E-state index contributed by atoms with van der Waals surface area (Å²) in [6.45, 7) is 11.9. The van der Waals surface area contributed by atoms with Crippen LogP contribution in [0.15, 0.2) is 42.5 Å². The van der Waals surface area contributed by atoms with Crippen molar-refractivity contribution < 1.29 is 5.11 Å². The van der Waals surface area contributed by atoms with Gasteiger partial charge in [0.05, 0.1) is 6.10 Å². The SMILES string of the molecule is C=C(C)CN1CCN(C[C@@H](O)c2ccccc2)CC1. The van der Waals surface area contributed by atoms with Gasteiger partial charge in [0.1, 0.15) is 0 Å². The van der Waals surface area contributed by atoms with E-state index >= 15 is 0 Å². The third kappa shape index (κ3) is 4.46. The maximum atomic E-state index is 10.2. The Morgan fingerprint density at radius 1 is 1.16 bits per heavy atom. The predicted molar refractivity (Wildman–Crippen MR) is 79.1 cm³/mol. The third-order valence-electron chi connectivity index (χ3n) is 3.57. The molecule has 1 aliphatic rings. The normalized spacial score (nSPS) is 19.3. The van der Waals surface area contributed by atoms with Gasteiger partial charge < -0.3 is 5.11 Å². The molecule has 0 spiro atoms. The van der Waals surface area contributed by atoms with E-state index in [4.69, 9.17) is 0 Å². The van der Waals surface area contributed by atoms with Crippen LogP contribution in [0.3, 0.4) is 0 Å². The molecule has 3 nitrogen and oxygen atoms in total. The monoisotopic (exact) mass is 260 g/mol. The minimum atomic E-state index is -0.381. The lowest BCUT2D eigenvalue weighted by molar-refractivity contribution is 0.0756. The lowest BCUT2D eigenvalue weighted by atomic mass is 10.1. The Morgan fingerprint density at radius 2 is 1.74 bits per heavy atom. The van der Waals surface area contributed by atoms with E-state index in [2.05, 4.69) is 23.3 Å². The van der Waals surface area contributed by atoms with Gasteiger partial charge in [-0.1, -0.05) is 42.5 Å². The van der Waals surface area contributed by atoms with Crippen LogP contribution in [0, 0.1) is 0 Å². The average Bonchev–Trinajstić information content (AvgIpc) is 2.41. The van der Waals surface area contributed by atoms with E-state index in [1.807, 2.05) is 30.3 Å². The number of aliphatic hydroxyl groups is 1. The molecule has 2 rings (SSSR count). The summed E-state index contributed by atoms with van der Waals surface area (Å²) in [5.74, 6) is 0. The van der Waals surface area contributed by atoms with E-state index in [1.165, 1.54) is 5.57 Å². The molecule has 1 heterocycles. The van der Waals surface area contributed by atoms with Crippen LogP contribution in [0.2, 0.25) is 0 Å². The highest BCUT2D eigenvalue weighted by Crippen LogP contribution is 2.15. The van der Waals surface area contributed by atoms with E-state index in [9.17, 15) is 5.11 Å². The van der Waals surface area contributed by atoms with Crippen molar-refractivity contribution in [3.63, 3.8) is 0 Å². The molecule has 0 aliphatic carbocycles. The third-order valence-corrected chi connectivity index (χ3v) is 3.57. The van der Waals surface area contributed by atoms with Crippen molar-refractivity contribution in [1.29, 1.82) is 0 Å². The maximum Gasteiger partial charge on any atom is 0.0916 e. The molecule has 1 fully saturated rings. The average molecular weight is 260 g/mol. The highest BCUT2D eigenvalue weighted by molar-refractivity contribution is 5.17. The lowest BCUT2D eigenvalue weighted by Gasteiger charge is -2.35. The Hall–Kier alpha value is -1.16. The number of rotatable bonds is 5. The number of piperazine rings is 1. The fourth-order valence-corrected chi connectivity index (χ4v) is 2.54. The van der Waals surface area contributed by atoms with Crippen LogP contribution < -0.4 is 0 Å². The predicted octanol–water partition coefficient (Wildman–Crippen LogP) is 1.91. The molecule has 1 N–H and O–H groups in total. The number of hydrogen-bond donors (Lipinski definition) is 1. The minimum absolute atomic E-state index is 0.381. The summed E-state index contributed by atoms with van der Waals surface area (Å²) in [5, 5.41) is 10.2. The van der Waals surface area contributed by atoms with E-state index in [0.717, 1.165) is 44.8 Å². The van der Waals surface area contributed by atoms with E-state index < -0.39 is 0 Å². The van der Waals surface area contributed by atoms with Crippen LogP contribution in [0.1, 0.15) is 18.6 Å². The Bertz CT molecular complexity index is 396. The number of β-amino-alcohol motifs (C(OH)–C–C–N with tert-alkyl or cyclic N) is 1. The Labute approximate surface area is 116 Å². The fourth-order valence-electron chi connectivity index (χ4n) is 2.54. The summed E-state index contributed by atoms with van der Waals surface area (Å²) < 4.78 is 0. The smallest absolute Gasteiger partial charge is 0.0916 e. The van der Waals surface area contributed by atoms with Gasteiger partial charge in [0.25, 0.3) is 0 Å². The number of aliphatic hydroxyl groups excluding tert-OH is 1. The van der Waals surface area contributed by atoms with E-state index in [1.54, 1.807) is 0 Å². The number of hydrogen-bond acceptors (Lipinski definition) is 3. The van der Waals surface area contributed by atoms with Gasteiger partial charge in [-0.25, -0.2) is 0 Å². The second-order valence-electron chi connectivity index (χ2n) is 5.46. The van der Waals surface area contributed by atoms with E-state index in [0.29, 0.717) is 0 Å². The molecule has 0 unspecified atom stereocenters. The zero-order valence-electron chi connectivity index (χ0n) is 11.8. The van der Waals surface area contributed by atoms with Crippen LogP contribution >= 0.6 is 0 Å². The standard InChI is InChI=1S/C16H24N2O/c1-14(2)12-17-8-10-18(11-9-17)13-16(19)15-6-4-3-5-7-15/h3-7,16,19H,1,8-13H2,2H3/t16-/m1/s1. The van der Waals surface area contributed by atoms with Crippen molar-refractivity contribution in [3.05, 3.63) is 48.0 Å². The second kappa shape index (κ2) is 6.85. The van der Waals surface area contributed by atoms with Crippen LogP contribution in [-0.2, 0) is 0 Å². The Balaban J connectivity index is 1.78. The molecule has 104 valence electrons. The molecule has 3 heteroatoms. The van der Waals surface area contributed by atoms with E-state index in [-0.39, 0.29) is 6.10 Å². The van der Waals surface area contributed by atoms with Gasteiger partial charge >= 0.3 is 0 Å². The van der Waals surface area contributed by atoms with Crippen molar-refractivity contribution in [2.75, 3.05) is 39.3 Å². The fraction of sp³-hybridized carbons (Fsp3) is 0.500. The zero-order chi connectivity index (χ0) is 13.7. The largest absolute Gasteiger partial charge is 0.387 e. The van der Waals surface area contributed by atoms with Crippen molar-refractivity contribution in [1.82, 2.24) is 9.80 Å². The first-order valence-electron chi connectivity index (χ1n) is 6.97. The molecular weight excluding hydrogens is 236 g/mol. The van der Waals surface area contributed by atoms with Crippen molar-refractivity contribution in [2.24, 2.45) is 0 Å². The summed E-state index contributed by atoms with van der Waals surface area (Å²) in [5.41, 5.74) is 2.23. The molecule has 1 saturated heterocycles. The molecule has 0 aromatic heterocycles. The van der Waals surface area contributed by atoms with Crippen molar-refractivity contribution in [2.45, 2.75) is 13.0 Å². The van der Waals surface area contributed by atoms with Crippen LogP contribution in [-0.4, -0.2) is 54.2 Å².